The number of ether oxygens (including phenoxy) is 1. The van der Waals surface area contributed by atoms with E-state index in [1.165, 1.54) is 18.7 Å². The molecule has 1 saturated heterocycles. The smallest absolute Gasteiger partial charge is 0.225 e. The zero-order chi connectivity index (χ0) is 28.4. The molecule has 3 aromatic heterocycles. The maximum Gasteiger partial charge on any atom is 0.225 e. The van der Waals surface area contributed by atoms with E-state index in [9.17, 15) is 9.32 Å². The lowest BCUT2D eigenvalue weighted by atomic mass is 10.2. The summed E-state index contributed by atoms with van der Waals surface area (Å²) < 4.78 is 19.4. The number of hydrogen-bond acceptors (Lipinski definition) is 11. The third kappa shape index (κ3) is 5.99. The van der Waals surface area contributed by atoms with Crippen molar-refractivity contribution >= 4 is 39.3 Å². The first kappa shape index (κ1) is 27.7. The van der Waals surface area contributed by atoms with Crippen LogP contribution in [0.5, 0.6) is 11.5 Å². The van der Waals surface area contributed by atoms with Crippen LogP contribution in [0.4, 0.5) is 17.6 Å². The molecule has 0 aliphatic carbocycles. The van der Waals surface area contributed by atoms with Crippen molar-refractivity contribution in [1.29, 1.82) is 0 Å². The highest BCUT2D eigenvalue weighted by atomic mass is 32.2. The first-order valence-corrected chi connectivity index (χ1v) is 14.4. The highest BCUT2D eigenvalue weighted by molar-refractivity contribution is 7.86. The Morgan fingerprint density at radius 2 is 1.77 bits per heavy atom. The van der Waals surface area contributed by atoms with E-state index in [2.05, 4.69) is 45.2 Å². The van der Waals surface area contributed by atoms with Crippen molar-refractivity contribution in [2.75, 3.05) is 49.5 Å². The molecule has 1 aromatic carbocycles. The molecule has 4 heterocycles. The minimum Gasteiger partial charge on any atom is -0.505 e. The predicted molar refractivity (Wildman–Crippen MR) is 155 cm³/mol. The van der Waals surface area contributed by atoms with Crippen LogP contribution in [0.15, 0.2) is 35.7 Å². The Kier molecular flexibility index (Phi) is 7.86. The van der Waals surface area contributed by atoms with E-state index in [1.807, 2.05) is 46.8 Å². The van der Waals surface area contributed by atoms with Gasteiger partial charge in [0.2, 0.25) is 5.95 Å². The van der Waals surface area contributed by atoms with Crippen LogP contribution in [0, 0.1) is 13.8 Å². The molecule has 1 atom stereocenters. The van der Waals surface area contributed by atoms with Crippen LogP contribution in [0.2, 0.25) is 0 Å². The Hall–Kier alpha value is -3.84. The molecule has 0 amide bonds. The standard InChI is InChI=1S/C27H35N9O3S/c1-17-18(2)33-34-24(17)32-25-20-12-23(40(38)27(3,4)5)22(13-21(20)30-16-31-25)39-11-10-35-6-8-36(9-7-35)26-28-14-19(37)15-29-26/h12-16,37H,6-11H2,1-5H3,(H2,30,31,32,33,34). The summed E-state index contributed by atoms with van der Waals surface area (Å²) in [6.45, 7) is 14.2. The van der Waals surface area contributed by atoms with E-state index in [0.717, 1.165) is 49.4 Å². The van der Waals surface area contributed by atoms with Crippen molar-refractivity contribution in [3.05, 3.63) is 42.1 Å². The molecule has 40 heavy (non-hydrogen) atoms. The molecule has 1 fully saturated rings. The zero-order valence-corrected chi connectivity index (χ0v) is 24.2. The molecule has 3 N–H and O–H groups in total. The fourth-order valence-electron chi connectivity index (χ4n) is 4.40. The highest BCUT2D eigenvalue weighted by Crippen LogP contribution is 2.35. The number of piperazine rings is 1. The first-order chi connectivity index (χ1) is 19.1. The molecule has 1 unspecified atom stereocenters. The molecule has 12 nitrogen and oxygen atoms in total. The van der Waals surface area contributed by atoms with Crippen molar-refractivity contribution in [3.63, 3.8) is 0 Å². The average molecular weight is 566 g/mol. The summed E-state index contributed by atoms with van der Waals surface area (Å²) >= 11 is 0. The molecule has 4 aromatic rings. The zero-order valence-electron chi connectivity index (χ0n) is 23.4. The molecular weight excluding hydrogens is 530 g/mol. The van der Waals surface area contributed by atoms with Crippen molar-refractivity contribution in [2.45, 2.75) is 44.3 Å². The summed E-state index contributed by atoms with van der Waals surface area (Å²) in [6, 6.07) is 3.73. The first-order valence-electron chi connectivity index (χ1n) is 13.2. The lowest BCUT2D eigenvalue weighted by molar-refractivity contribution is 0.198. The molecule has 0 spiro atoms. The van der Waals surface area contributed by atoms with E-state index >= 15 is 0 Å². The topological polar surface area (TPSA) is 145 Å². The van der Waals surface area contributed by atoms with E-state index in [0.29, 0.717) is 40.4 Å². The summed E-state index contributed by atoms with van der Waals surface area (Å²) in [5, 5.41) is 20.8. The van der Waals surface area contributed by atoms with Crippen LogP contribution in [0.3, 0.4) is 0 Å². The average Bonchev–Trinajstić information content (AvgIpc) is 3.25. The minimum atomic E-state index is -1.34. The number of aromatic amines is 1. The van der Waals surface area contributed by atoms with Gasteiger partial charge in [0.15, 0.2) is 11.6 Å². The SMILES string of the molecule is Cc1[nH]nc(Nc2ncnc3cc(OCCN4CCN(c5ncc(O)cn5)CC4)c(S(=O)C(C)(C)C)cc23)c1C. The maximum atomic E-state index is 13.6. The van der Waals surface area contributed by atoms with E-state index in [-0.39, 0.29) is 5.75 Å². The number of hydrogen-bond donors (Lipinski definition) is 3. The van der Waals surface area contributed by atoms with Crippen molar-refractivity contribution in [2.24, 2.45) is 0 Å². The van der Waals surface area contributed by atoms with Gasteiger partial charge in [0, 0.05) is 60.2 Å². The molecule has 212 valence electrons. The number of benzene rings is 1. The maximum absolute atomic E-state index is 13.6. The lowest BCUT2D eigenvalue weighted by Gasteiger charge is -2.34. The van der Waals surface area contributed by atoms with Gasteiger partial charge in [-0.3, -0.25) is 14.2 Å². The highest BCUT2D eigenvalue weighted by Gasteiger charge is 2.26. The Balaban J connectivity index is 1.32. The lowest BCUT2D eigenvalue weighted by Crippen LogP contribution is -2.48. The van der Waals surface area contributed by atoms with Crippen LogP contribution in [-0.2, 0) is 10.8 Å². The summed E-state index contributed by atoms with van der Waals surface area (Å²) in [5.41, 5.74) is 2.66. The Morgan fingerprint density at radius 3 is 2.42 bits per heavy atom. The molecule has 0 radical (unpaired) electrons. The summed E-state index contributed by atoms with van der Waals surface area (Å²) in [7, 11) is -1.34. The van der Waals surface area contributed by atoms with Gasteiger partial charge in [-0.25, -0.2) is 19.9 Å². The van der Waals surface area contributed by atoms with E-state index < -0.39 is 15.5 Å². The fourth-order valence-corrected chi connectivity index (χ4v) is 5.59. The van der Waals surface area contributed by atoms with Gasteiger partial charge in [-0.1, -0.05) is 0 Å². The number of rotatable bonds is 8. The molecule has 1 aliphatic heterocycles. The van der Waals surface area contributed by atoms with Crippen molar-refractivity contribution in [1.82, 2.24) is 35.0 Å². The molecule has 13 heteroatoms. The Morgan fingerprint density at radius 1 is 1.05 bits per heavy atom. The largest absolute Gasteiger partial charge is 0.505 e. The summed E-state index contributed by atoms with van der Waals surface area (Å²) in [6.07, 6.45) is 4.32. The van der Waals surface area contributed by atoms with Crippen LogP contribution < -0.4 is 15.0 Å². The molecule has 5 rings (SSSR count). The van der Waals surface area contributed by atoms with Crippen molar-refractivity contribution in [3.8, 4) is 11.5 Å². The van der Waals surface area contributed by atoms with E-state index in [1.54, 1.807) is 0 Å². The van der Waals surface area contributed by atoms with Gasteiger partial charge in [-0.2, -0.15) is 5.10 Å². The van der Waals surface area contributed by atoms with Gasteiger partial charge >= 0.3 is 0 Å². The monoisotopic (exact) mass is 565 g/mol. The number of nitrogens with zero attached hydrogens (tertiary/aromatic N) is 7. The molecular formula is C27H35N9O3S. The van der Waals surface area contributed by atoms with Crippen LogP contribution in [0.1, 0.15) is 32.0 Å². The van der Waals surface area contributed by atoms with Crippen LogP contribution >= 0.6 is 0 Å². The second-order valence-corrected chi connectivity index (χ2v) is 13.0. The second kappa shape index (κ2) is 11.3. The molecule has 0 bridgehead atoms. The van der Waals surface area contributed by atoms with Crippen LogP contribution in [-0.4, -0.2) is 88.4 Å². The van der Waals surface area contributed by atoms with Gasteiger partial charge in [0.1, 0.15) is 24.5 Å². The number of anilines is 3. The third-order valence-corrected chi connectivity index (χ3v) is 8.72. The quantitative estimate of drug-likeness (QED) is 0.289. The molecule has 1 aliphatic rings. The predicted octanol–water partition coefficient (Wildman–Crippen LogP) is 3.32. The van der Waals surface area contributed by atoms with Gasteiger partial charge < -0.3 is 20.1 Å². The number of aryl methyl sites for hydroxylation is 1. The number of H-pyrrole nitrogens is 1. The number of fused-ring (bicyclic) bond motifs is 1. The minimum absolute atomic E-state index is 0.0572. The number of aromatic nitrogens is 6. The van der Waals surface area contributed by atoms with Gasteiger partial charge in [0.25, 0.3) is 0 Å². The normalized spacial score (nSPS) is 15.4. The summed E-state index contributed by atoms with van der Waals surface area (Å²) in [4.78, 5) is 22.4. The Bertz CT molecular complexity index is 1510. The third-order valence-electron chi connectivity index (χ3n) is 6.89. The van der Waals surface area contributed by atoms with Gasteiger partial charge in [-0.15, -0.1) is 0 Å². The van der Waals surface area contributed by atoms with Crippen LogP contribution in [0.25, 0.3) is 10.9 Å². The Labute approximate surface area is 235 Å². The van der Waals surface area contributed by atoms with Gasteiger partial charge in [0.05, 0.1) is 33.6 Å². The number of aromatic hydroxyl groups is 1. The van der Waals surface area contributed by atoms with Crippen molar-refractivity contribution < 1.29 is 14.1 Å². The van der Waals surface area contributed by atoms with E-state index in [4.69, 9.17) is 4.74 Å². The second-order valence-electron chi connectivity index (χ2n) is 10.8. The fraction of sp³-hybridized carbons (Fsp3) is 0.444. The summed E-state index contributed by atoms with van der Waals surface area (Å²) in [5.74, 6) is 2.52. The number of nitrogens with one attached hydrogen (secondary N) is 2. The van der Waals surface area contributed by atoms with Gasteiger partial charge in [-0.05, 0) is 40.7 Å². The molecule has 0 saturated carbocycles.